The number of aliphatic hydroxyl groups excluding tert-OH is 2. The van der Waals surface area contributed by atoms with E-state index in [2.05, 4.69) is 0 Å². The van der Waals surface area contributed by atoms with Gasteiger partial charge in [0.25, 0.3) is 0 Å². The Hall–Kier alpha value is -0.160. The molecule has 0 aliphatic carbocycles. The lowest BCUT2D eigenvalue weighted by molar-refractivity contribution is -0.229. The summed E-state index contributed by atoms with van der Waals surface area (Å²) in [6, 6.07) is 0. The summed E-state index contributed by atoms with van der Waals surface area (Å²) < 4.78 is 10.8. The predicted octanol–water partition coefficient (Wildman–Crippen LogP) is 2.04. The Morgan fingerprint density at radius 1 is 1.00 bits per heavy atom. The summed E-state index contributed by atoms with van der Waals surface area (Å²) >= 11 is 0. The van der Waals surface area contributed by atoms with Crippen molar-refractivity contribution in [1.29, 1.82) is 0 Å². The fraction of sp³-hybridized carbons (Fsp3) is 1.00. The second-order valence-electron chi connectivity index (χ2n) is 3.85. The standard InChI is InChI=1S/C12H26O4/c1-3-11(14)16-12(4-2)15-10-8-6-5-7-9-13/h11-14H,3-10H2,1-2H3. The topological polar surface area (TPSA) is 58.9 Å². The summed E-state index contributed by atoms with van der Waals surface area (Å²) in [5, 5.41) is 17.9. The maximum Gasteiger partial charge on any atom is 0.160 e. The molecule has 0 heterocycles. The first-order chi connectivity index (χ1) is 7.74. The van der Waals surface area contributed by atoms with E-state index in [0.717, 1.165) is 32.1 Å². The molecule has 0 fully saturated rings. The summed E-state index contributed by atoms with van der Waals surface area (Å²) in [4.78, 5) is 0. The molecule has 0 saturated heterocycles. The van der Waals surface area contributed by atoms with Gasteiger partial charge in [-0.1, -0.05) is 26.7 Å². The largest absolute Gasteiger partial charge is 0.396 e. The number of hydrogen-bond donors (Lipinski definition) is 2. The third-order valence-electron chi connectivity index (χ3n) is 2.35. The smallest absolute Gasteiger partial charge is 0.160 e. The fourth-order valence-corrected chi connectivity index (χ4v) is 1.31. The summed E-state index contributed by atoms with van der Waals surface area (Å²) in [6.45, 7) is 4.76. The molecule has 0 bridgehead atoms. The lowest BCUT2D eigenvalue weighted by Crippen LogP contribution is -2.23. The van der Waals surface area contributed by atoms with E-state index in [1.54, 1.807) is 0 Å². The Morgan fingerprint density at radius 2 is 1.69 bits per heavy atom. The molecular weight excluding hydrogens is 208 g/mol. The van der Waals surface area contributed by atoms with Gasteiger partial charge in [-0.2, -0.15) is 0 Å². The summed E-state index contributed by atoms with van der Waals surface area (Å²) in [5.74, 6) is 0. The maximum absolute atomic E-state index is 9.30. The van der Waals surface area contributed by atoms with E-state index in [1.165, 1.54) is 0 Å². The van der Waals surface area contributed by atoms with Crippen molar-refractivity contribution in [2.75, 3.05) is 13.2 Å². The molecule has 2 N–H and O–H groups in total. The number of aliphatic hydroxyl groups is 2. The highest BCUT2D eigenvalue weighted by atomic mass is 16.7. The van der Waals surface area contributed by atoms with Crippen molar-refractivity contribution in [2.45, 2.75) is 65.0 Å². The normalized spacial score (nSPS) is 15.0. The first-order valence-corrected chi connectivity index (χ1v) is 6.30. The molecule has 0 amide bonds. The van der Waals surface area contributed by atoms with Gasteiger partial charge in [-0.25, -0.2) is 0 Å². The zero-order valence-corrected chi connectivity index (χ0v) is 10.5. The van der Waals surface area contributed by atoms with Crippen molar-refractivity contribution in [1.82, 2.24) is 0 Å². The third kappa shape index (κ3) is 9.09. The lowest BCUT2D eigenvalue weighted by atomic mass is 10.2. The van der Waals surface area contributed by atoms with Crippen molar-refractivity contribution in [3.8, 4) is 0 Å². The van der Waals surface area contributed by atoms with Crippen molar-refractivity contribution >= 4 is 0 Å². The molecule has 2 unspecified atom stereocenters. The van der Waals surface area contributed by atoms with E-state index in [1.807, 2.05) is 13.8 Å². The number of rotatable bonds is 11. The Bertz CT molecular complexity index is 141. The van der Waals surface area contributed by atoms with Crippen LogP contribution in [0.2, 0.25) is 0 Å². The third-order valence-corrected chi connectivity index (χ3v) is 2.35. The van der Waals surface area contributed by atoms with Gasteiger partial charge < -0.3 is 19.7 Å². The van der Waals surface area contributed by atoms with Gasteiger partial charge in [0.15, 0.2) is 12.6 Å². The number of unbranched alkanes of at least 4 members (excludes halogenated alkanes) is 3. The molecule has 0 aromatic rings. The summed E-state index contributed by atoms with van der Waals surface area (Å²) in [5.41, 5.74) is 0. The van der Waals surface area contributed by atoms with Gasteiger partial charge in [0, 0.05) is 13.2 Å². The molecule has 98 valence electrons. The first-order valence-electron chi connectivity index (χ1n) is 6.30. The van der Waals surface area contributed by atoms with Crippen molar-refractivity contribution in [3.05, 3.63) is 0 Å². The molecule has 2 atom stereocenters. The number of ether oxygens (including phenoxy) is 2. The van der Waals surface area contributed by atoms with Crippen LogP contribution in [0.5, 0.6) is 0 Å². The van der Waals surface area contributed by atoms with Gasteiger partial charge in [0.05, 0.1) is 0 Å². The van der Waals surface area contributed by atoms with E-state index >= 15 is 0 Å². The van der Waals surface area contributed by atoms with Crippen molar-refractivity contribution < 1.29 is 19.7 Å². The Morgan fingerprint density at radius 3 is 2.25 bits per heavy atom. The molecule has 16 heavy (non-hydrogen) atoms. The van der Waals surface area contributed by atoms with Gasteiger partial charge in [0.2, 0.25) is 0 Å². The molecule has 0 spiro atoms. The molecule has 0 aliphatic heterocycles. The molecule has 0 aromatic heterocycles. The summed E-state index contributed by atoms with van der Waals surface area (Å²) in [6.07, 6.45) is 4.24. The average molecular weight is 234 g/mol. The first kappa shape index (κ1) is 15.8. The van der Waals surface area contributed by atoms with Gasteiger partial charge in [0.1, 0.15) is 0 Å². The van der Waals surface area contributed by atoms with Crippen molar-refractivity contribution in [3.63, 3.8) is 0 Å². The Balaban J connectivity index is 3.40. The highest BCUT2D eigenvalue weighted by molar-refractivity contribution is 4.46. The minimum atomic E-state index is -0.723. The van der Waals surface area contributed by atoms with Crippen LogP contribution >= 0.6 is 0 Å². The van der Waals surface area contributed by atoms with Crippen LogP contribution in [0.4, 0.5) is 0 Å². The quantitative estimate of drug-likeness (QED) is 0.424. The molecule has 0 rings (SSSR count). The van der Waals surface area contributed by atoms with Crippen LogP contribution in [-0.2, 0) is 9.47 Å². The average Bonchev–Trinajstić information content (AvgIpc) is 2.31. The monoisotopic (exact) mass is 234 g/mol. The number of hydrogen-bond acceptors (Lipinski definition) is 4. The van der Waals surface area contributed by atoms with Crippen LogP contribution in [0.1, 0.15) is 52.4 Å². The zero-order chi connectivity index (χ0) is 12.2. The molecule has 4 nitrogen and oxygen atoms in total. The van der Waals surface area contributed by atoms with Gasteiger partial charge >= 0.3 is 0 Å². The molecule has 0 aliphatic rings. The van der Waals surface area contributed by atoms with Crippen LogP contribution in [0.25, 0.3) is 0 Å². The van der Waals surface area contributed by atoms with Crippen LogP contribution in [0, 0.1) is 0 Å². The van der Waals surface area contributed by atoms with Crippen LogP contribution in [0.15, 0.2) is 0 Å². The predicted molar refractivity (Wildman–Crippen MR) is 63.0 cm³/mol. The van der Waals surface area contributed by atoms with Gasteiger partial charge in [-0.05, 0) is 25.7 Å². The zero-order valence-electron chi connectivity index (χ0n) is 10.5. The molecular formula is C12H26O4. The van der Waals surface area contributed by atoms with Crippen LogP contribution in [-0.4, -0.2) is 36.0 Å². The fourth-order valence-electron chi connectivity index (χ4n) is 1.31. The molecule has 0 saturated carbocycles. The van der Waals surface area contributed by atoms with E-state index < -0.39 is 6.29 Å². The van der Waals surface area contributed by atoms with Crippen LogP contribution in [0.3, 0.4) is 0 Å². The van der Waals surface area contributed by atoms with Crippen LogP contribution < -0.4 is 0 Å². The van der Waals surface area contributed by atoms with E-state index in [4.69, 9.17) is 14.6 Å². The molecule has 4 heteroatoms. The van der Waals surface area contributed by atoms with E-state index in [9.17, 15) is 5.11 Å². The highest BCUT2D eigenvalue weighted by Gasteiger charge is 2.11. The SMILES string of the molecule is CCC(O)OC(CC)OCCCCCCO. The second kappa shape index (κ2) is 11.3. The second-order valence-corrected chi connectivity index (χ2v) is 3.85. The Labute approximate surface area is 98.6 Å². The van der Waals surface area contributed by atoms with Gasteiger partial charge in [-0.3, -0.25) is 0 Å². The van der Waals surface area contributed by atoms with E-state index in [0.29, 0.717) is 13.0 Å². The molecule has 0 radical (unpaired) electrons. The minimum Gasteiger partial charge on any atom is -0.396 e. The maximum atomic E-state index is 9.30. The molecule has 0 aromatic carbocycles. The van der Waals surface area contributed by atoms with Gasteiger partial charge in [-0.15, -0.1) is 0 Å². The summed E-state index contributed by atoms with van der Waals surface area (Å²) in [7, 11) is 0. The minimum absolute atomic E-state index is 0.268. The highest BCUT2D eigenvalue weighted by Crippen LogP contribution is 2.07. The van der Waals surface area contributed by atoms with Crippen molar-refractivity contribution in [2.24, 2.45) is 0 Å². The lowest BCUT2D eigenvalue weighted by Gasteiger charge is -2.19. The Kier molecular flexibility index (Phi) is 11.2. The van der Waals surface area contributed by atoms with E-state index in [-0.39, 0.29) is 12.9 Å².